The Balaban J connectivity index is 0.911. The molecule has 2 saturated heterocycles. The van der Waals surface area contributed by atoms with Gasteiger partial charge in [-0.2, -0.15) is 0 Å². The van der Waals surface area contributed by atoms with Crippen molar-refractivity contribution in [1.82, 2.24) is 0 Å². The maximum atomic E-state index is 18.0. The lowest BCUT2D eigenvalue weighted by molar-refractivity contribution is -0.125. The molecule has 6 aromatic carbocycles. The van der Waals surface area contributed by atoms with Crippen molar-refractivity contribution in [3.63, 3.8) is 0 Å². The number of allylic oxidation sites excluding steroid dienone is 4. The highest BCUT2D eigenvalue weighted by atomic mass is 16.7. The van der Waals surface area contributed by atoms with Crippen LogP contribution in [-0.2, 0) is 47.4 Å². The van der Waals surface area contributed by atoms with Crippen molar-refractivity contribution in [3.05, 3.63) is 211 Å². The van der Waals surface area contributed by atoms with Gasteiger partial charge in [-0.05, 0) is 142 Å². The molecule has 7 nitrogen and oxygen atoms in total. The van der Waals surface area contributed by atoms with Crippen LogP contribution in [0.3, 0.4) is 0 Å². The summed E-state index contributed by atoms with van der Waals surface area (Å²) in [6.07, 6.45) is 42.0. The molecular weight excluding hydrogens is 1250 g/mol. The van der Waals surface area contributed by atoms with E-state index in [0.717, 1.165) is 72.3 Å². The average Bonchev–Trinajstić information content (AvgIpc) is 1.44. The number of methoxy groups -OCH3 is 2. The average molecular weight is 1370 g/mol. The fourth-order valence-electron chi connectivity index (χ4n) is 23.9. The SMILES string of the molecule is CCCCCCCCCCCCc1c2c(c(CCCCCCCCCCCC)c3c1[C@@H]1OC3C3C1[C@]1(c4ccccc4)C(=O)[C@@]3(c3ccccc3)C(c3ccccc3)=C1c1ccccc1)[C@@H]1O[C@H]2[C@@H]2[C@H]1[C@H]1CCCCCC[C@H]3C1=C1[C@@H](CCCCCC[C@H]12)c1c(OCOC)ccc(OCOC)c13. The van der Waals surface area contributed by atoms with Crippen LogP contribution in [0.5, 0.6) is 11.5 Å². The minimum absolute atomic E-state index is 0.0156. The van der Waals surface area contributed by atoms with Crippen LogP contribution in [0.25, 0.3) is 11.1 Å². The summed E-state index contributed by atoms with van der Waals surface area (Å²) < 4.78 is 42.1. The topological polar surface area (TPSA) is 72.5 Å². The van der Waals surface area contributed by atoms with Gasteiger partial charge < -0.3 is 28.4 Å². The number of carbonyl (C=O) groups excluding carboxylic acids is 1. The largest absolute Gasteiger partial charge is 0.467 e. The summed E-state index contributed by atoms with van der Waals surface area (Å²) in [6, 6.07) is 49.2. The Morgan fingerprint density at radius 2 is 0.706 bits per heavy atom. The van der Waals surface area contributed by atoms with Gasteiger partial charge in [-0.1, -0.05) is 313 Å². The van der Waals surface area contributed by atoms with Crippen molar-refractivity contribution in [3.8, 4) is 11.5 Å². The minimum Gasteiger partial charge on any atom is -0.467 e. The normalized spacial score (nSPS) is 29.1. The van der Waals surface area contributed by atoms with Crippen LogP contribution in [0.15, 0.2) is 145 Å². The molecule has 6 bridgehead atoms. The molecule has 6 aromatic rings. The lowest BCUT2D eigenvalue weighted by Crippen LogP contribution is -2.45. The summed E-state index contributed by atoms with van der Waals surface area (Å²) in [7, 11) is 3.52. The molecule has 3 unspecified atom stereocenters. The number of rotatable bonds is 32. The Labute approximate surface area is 612 Å². The smallest absolute Gasteiger partial charge is 0.188 e. The van der Waals surface area contributed by atoms with Crippen molar-refractivity contribution < 1.29 is 33.2 Å². The predicted molar refractivity (Wildman–Crippen MR) is 412 cm³/mol. The van der Waals surface area contributed by atoms with Gasteiger partial charge in [-0.25, -0.2) is 0 Å². The first-order valence-electron chi connectivity index (χ1n) is 41.7. The molecule has 7 heteroatoms. The van der Waals surface area contributed by atoms with Gasteiger partial charge in [0.05, 0.1) is 35.2 Å². The maximum Gasteiger partial charge on any atom is 0.188 e. The number of hydrogen-bond acceptors (Lipinski definition) is 7. The fraction of sp³-hybridized carbons (Fsp3) is 0.568. The summed E-state index contributed by atoms with van der Waals surface area (Å²) in [5.41, 5.74) is 20.4. The summed E-state index contributed by atoms with van der Waals surface area (Å²) in [5, 5.41) is 0. The van der Waals surface area contributed by atoms with Gasteiger partial charge in [-0.3, -0.25) is 4.79 Å². The monoisotopic (exact) mass is 1370 g/mol. The lowest BCUT2D eigenvalue weighted by atomic mass is 9.49. The molecule has 6 aliphatic carbocycles. The van der Waals surface area contributed by atoms with E-state index in [1.54, 1.807) is 47.6 Å². The molecule has 3 saturated carbocycles. The quantitative estimate of drug-likeness (QED) is 0.0237. The Morgan fingerprint density at radius 3 is 1.08 bits per heavy atom. The van der Waals surface area contributed by atoms with Gasteiger partial charge in [0.1, 0.15) is 11.5 Å². The molecule has 0 N–H and O–H groups in total. The van der Waals surface area contributed by atoms with Gasteiger partial charge >= 0.3 is 0 Å². The summed E-state index contributed by atoms with van der Waals surface area (Å²) >= 11 is 0. The van der Waals surface area contributed by atoms with Crippen LogP contribution in [0.1, 0.15) is 322 Å². The van der Waals surface area contributed by atoms with Gasteiger partial charge in [0, 0.05) is 60.9 Å². The Kier molecular flexibility index (Phi) is 21.7. The fourth-order valence-corrected chi connectivity index (χ4v) is 23.9. The van der Waals surface area contributed by atoms with E-state index in [1.165, 1.54) is 213 Å². The molecule has 4 heterocycles. The van der Waals surface area contributed by atoms with E-state index < -0.39 is 10.8 Å². The van der Waals surface area contributed by atoms with Crippen LogP contribution >= 0.6 is 0 Å². The molecule has 0 radical (unpaired) electrons. The van der Waals surface area contributed by atoms with Crippen molar-refractivity contribution in [2.24, 2.45) is 35.5 Å². The standard InChI is InChI=1S/C95H118O7/c1-5-7-9-11-13-15-17-19-21-39-57-71-81-82(90-80-70-56-44-26-24-42-54-68-76(70)75-67(53-41-23-25-43-55-69(75)79(80)89(81)101-90)77-73(99-61-97-3)59-60-74(78(68)77)100-62-98-4)72(58-40-22-20-18-16-14-12-10-8-6-2)84-83(71)91-87-88(92(84)102-91)95(66-51-37-30-38-52-66)86(64-47-33-28-34-48-64)85(63-45-31-27-32-46-63)94(87,93(95)96)65-49-35-29-36-50-65/h27-38,45-52,59-60,67-70,79-80,87-92H,5-26,39-44,53-58,61-62H2,1-4H3/t67-,68+,69-,70+,79+,80-,87?,88?,89+,90-,91+,92?,94-,95+/m1/s1. The second kappa shape index (κ2) is 31.5. The first kappa shape index (κ1) is 70.2. The summed E-state index contributed by atoms with van der Waals surface area (Å²) in [6.45, 7) is 5.09. The zero-order valence-electron chi connectivity index (χ0n) is 62.4. The molecule has 102 heavy (non-hydrogen) atoms. The van der Waals surface area contributed by atoms with Crippen LogP contribution in [0.2, 0.25) is 0 Å². The van der Waals surface area contributed by atoms with Gasteiger partial charge in [0.2, 0.25) is 0 Å². The van der Waals surface area contributed by atoms with Gasteiger partial charge in [-0.15, -0.1) is 0 Å². The predicted octanol–water partition coefficient (Wildman–Crippen LogP) is 24.5. The number of ether oxygens (including phenoxy) is 6. The molecule has 14 atom stereocenters. The highest BCUT2D eigenvalue weighted by molar-refractivity contribution is 6.30. The number of fused-ring (bicyclic) bond motifs is 25. The number of benzene rings is 6. The maximum absolute atomic E-state index is 18.0. The van der Waals surface area contributed by atoms with Crippen LogP contribution in [0, 0.1) is 35.5 Å². The molecule has 5 fully saturated rings. The highest BCUT2D eigenvalue weighted by Crippen LogP contribution is 2.83. The zero-order valence-corrected chi connectivity index (χ0v) is 62.4. The Bertz CT molecular complexity index is 3680. The van der Waals surface area contributed by atoms with Crippen LogP contribution < -0.4 is 9.47 Å². The van der Waals surface area contributed by atoms with Crippen molar-refractivity contribution in [1.29, 1.82) is 0 Å². The Hall–Kier alpha value is -6.09. The second-order valence-corrected chi connectivity index (χ2v) is 33.0. The number of ketones is 1. The molecule has 16 rings (SSSR count). The van der Waals surface area contributed by atoms with Crippen LogP contribution in [-0.4, -0.2) is 33.6 Å². The van der Waals surface area contributed by atoms with Crippen molar-refractivity contribution in [2.75, 3.05) is 27.8 Å². The van der Waals surface area contributed by atoms with E-state index in [4.69, 9.17) is 28.4 Å². The number of Topliss-reactive ketones (excluding diaryl/α,β-unsaturated/α-hetero) is 1. The van der Waals surface area contributed by atoms with E-state index in [1.807, 2.05) is 0 Å². The lowest BCUT2D eigenvalue weighted by Gasteiger charge is -2.53. The van der Waals surface area contributed by atoms with E-state index in [-0.39, 0.29) is 61.7 Å². The number of carbonyl (C=O) groups is 1. The van der Waals surface area contributed by atoms with Gasteiger partial charge in [0.15, 0.2) is 19.4 Å². The second-order valence-electron chi connectivity index (χ2n) is 33.0. The molecule has 0 spiro atoms. The number of hydrogen-bond donors (Lipinski definition) is 0. The number of unbranched alkanes of at least 4 members (excludes halogenated alkanes) is 18. The van der Waals surface area contributed by atoms with Crippen molar-refractivity contribution in [2.45, 2.75) is 279 Å². The molecule has 4 aliphatic heterocycles. The first-order valence-corrected chi connectivity index (χ1v) is 41.7. The third-order valence-electron chi connectivity index (χ3n) is 27.6. The molecule has 10 aliphatic rings. The van der Waals surface area contributed by atoms with Crippen molar-refractivity contribution >= 4 is 16.9 Å². The molecular formula is C95H118O7. The third kappa shape index (κ3) is 11.9. The molecule has 0 amide bonds. The molecule has 0 aromatic heterocycles. The zero-order chi connectivity index (χ0) is 69.2. The Morgan fingerprint density at radius 1 is 0.373 bits per heavy atom. The van der Waals surface area contributed by atoms with E-state index in [2.05, 4.69) is 147 Å². The van der Waals surface area contributed by atoms with E-state index >= 15 is 4.79 Å². The summed E-state index contributed by atoms with van der Waals surface area (Å²) in [5.74, 6) is 3.91. The minimum atomic E-state index is -1.01. The van der Waals surface area contributed by atoms with E-state index in [9.17, 15) is 0 Å². The first-order chi connectivity index (χ1) is 50.5. The van der Waals surface area contributed by atoms with Gasteiger partial charge in [0.25, 0.3) is 0 Å². The third-order valence-corrected chi connectivity index (χ3v) is 27.6. The molecule has 540 valence electrons. The van der Waals surface area contributed by atoms with Crippen LogP contribution in [0.4, 0.5) is 0 Å². The highest BCUT2D eigenvalue weighted by Gasteiger charge is 2.83. The van der Waals surface area contributed by atoms with E-state index in [0.29, 0.717) is 29.5 Å². The summed E-state index contributed by atoms with van der Waals surface area (Å²) in [4.78, 5) is 18.0.